The molecule has 0 aliphatic carbocycles. The molecule has 0 unspecified atom stereocenters. The van der Waals surface area contributed by atoms with Crippen LogP contribution in [0.3, 0.4) is 0 Å². The summed E-state index contributed by atoms with van der Waals surface area (Å²) in [6.45, 7) is 7.80. The van der Waals surface area contributed by atoms with Crippen LogP contribution in [0, 0.1) is 12.3 Å². The van der Waals surface area contributed by atoms with E-state index in [9.17, 15) is 4.79 Å². The standard InChI is InChI=1S/C18H21NO/c1-13-10-11-16(19-17(20)18(2,3)4)15(12-13)14-8-6-5-7-9-14/h5-12H,1-4H3,(H,19,20). The smallest absolute Gasteiger partial charge is 0.229 e. The highest BCUT2D eigenvalue weighted by molar-refractivity contribution is 5.98. The van der Waals surface area contributed by atoms with E-state index in [2.05, 4.69) is 30.4 Å². The quantitative estimate of drug-likeness (QED) is 0.843. The number of hydrogen-bond donors (Lipinski definition) is 1. The average molecular weight is 267 g/mol. The van der Waals surface area contributed by atoms with Crippen LogP contribution in [0.4, 0.5) is 5.69 Å². The number of nitrogens with one attached hydrogen (secondary N) is 1. The van der Waals surface area contributed by atoms with E-state index in [1.165, 1.54) is 5.56 Å². The number of benzene rings is 2. The number of rotatable bonds is 2. The molecule has 1 N–H and O–H groups in total. The maximum Gasteiger partial charge on any atom is 0.229 e. The lowest BCUT2D eigenvalue weighted by molar-refractivity contribution is -0.123. The van der Waals surface area contributed by atoms with Gasteiger partial charge in [-0.2, -0.15) is 0 Å². The van der Waals surface area contributed by atoms with Crippen LogP contribution in [-0.2, 0) is 4.79 Å². The summed E-state index contributed by atoms with van der Waals surface area (Å²) in [5.74, 6) is 0.0264. The molecular weight excluding hydrogens is 246 g/mol. The number of carbonyl (C=O) groups is 1. The molecule has 2 nitrogen and oxygen atoms in total. The van der Waals surface area contributed by atoms with Gasteiger partial charge in [-0.05, 0) is 24.6 Å². The van der Waals surface area contributed by atoms with Crippen molar-refractivity contribution < 1.29 is 4.79 Å². The first kappa shape index (κ1) is 14.3. The first-order valence-corrected chi connectivity index (χ1v) is 6.85. The minimum atomic E-state index is -0.404. The molecule has 0 atom stereocenters. The van der Waals surface area contributed by atoms with Gasteiger partial charge >= 0.3 is 0 Å². The third kappa shape index (κ3) is 3.27. The molecule has 0 aliphatic rings. The van der Waals surface area contributed by atoms with Crippen molar-refractivity contribution in [1.82, 2.24) is 0 Å². The van der Waals surface area contributed by atoms with Crippen LogP contribution in [0.25, 0.3) is 11.1 Å². The Morgan fingerprint density at radius 1 is 1.00 bits per heavy atom. The fourth-order valence-electron chi connectivity index (χ4n) is 1.93. The highest BCUT2D eigenvalue weighted by Crippen LogP contribution is 2.30. The lowest BCUT2D eigenvalue weighted by Gasteiger charge is -2.20. The SMILES string of the molecule is Cc1ccc(NC(=O)C(C)(C)C)c(-c2ccccc2)c1. The molecule has 2 aromatic rings. The molecule has 0 heterocycles. The minimum Gasteiger partial charge on any atom is -0.325 e. The summed E-state index contributed by atoms with van der Waals surface area (Å²) < 4.78 is 0. The van der Waals surface area contributed by atoms with Crippen molar-refractivity contribution in [2.45, 2.75) is 27.7 Å². The molecule has 0 saturated heterocycles. The average Bonchev–Trinajstić information content (AvgIpc) is 2.40. The normalized spacial score (nSPS) is 11.2. The number of hydrogen-bond acceptors (Lipinski definition) is 1. The second kappa shape index (κ2) is 5.49. The van der Waals surface area contributed by atoms with Crippen molar-refractivity contribution in [2.24, 2.45) is 5.41 Å². The first-order valence-electron chi connectivity index (χ1n) is 6.85. The Balaban J connectivity index is 2.42. The van der Waals surface area contributed by atoms with Crippen LogP contribution in [-0.4, -0.2) is 5.91 Å². The van der Waals surface area contributed by atoms with Gasteiger partial charge in [0.25, 0.3) is 0 Å². The second-order valence-electron chi connectivity index (χ2n) is 6.12. The van der Waals surface area contributed by atoms with Crippen LogP contribution < -0.4 is 5.32 Å². The van der Waals surface area contributed by atoms with Crippen molar-refractivity contribution in [3.8, 4) is 11.1 Å². The Morgan fingerprint density at radius 2 is 1.65 bits per heavy atom. The molecule has 0 aliphatic heterocycles. The molecule has 1 amide bonds. The molecule has 104 valence electrons. The maximum absolute atomic E-state index is 12.2. The summed E-state index contributed by atoms with van der Waals surface area (Å²) >= 11 is 0. The van der Waals surface area contributed by atoms with E-state index < -0.39 is 5.41 Å². The van der Waals surface area contributed by atoms with Crippen LogP contribution in [0.1, 0.15) is 26.3 Å². The zero-order valence-corrected chi connectivity index (χ0v) is 12.5. The largest absolute Gasteiger partial charge is 0.325 e. The zero-order valence-electron chi connectivity index (χ0n) is 12.5. The molecule has 2 heteroatoms. The summed E-state index contributed by atoms with van der Waals surface area (Å²) in [5.41, 5.74) is 3.81. The Morgan fingerprint density at radius 3 is 2.25 bits per heavy atom. The van der Waals surface area contributed by atoms with E-state index in [0.29, 0.717) is 0 Å². The monoisotopic (exact) mass is 267 g/mol. The van der Waals surface area contributed by atoms with Crippen molar-refractivity contribution >= 4 is 11.6 Å². The summed E-state index contributed by atoms with van der Waals surface area (Å²) in [6.07, 6.45) is 0. The molecular formula is C18H21NO. The van der Waals surface area contributed by atoms with Crippen molar-refractivity contribution in [3.63, 3.8) is 0 Å². The van der Waals surface area contributed by atoms with Gasteiger partial charge in [-0.25, -0.2) is 0 Å². The molecule has 0 aromatic heterocycles. The summed E-state index contributed by atoms with van der Waals surface area (Å²) in [4.78, 5) is 12.2. The number of aryl methyl sites for hydroxylation is 1. The van der Waals surface area contributed by atoms with Crippen molar-refractivity contribution in [3.05, 3.63) is 54.1 Å². The van der Waals surface area contributed by atoms with E-state index in [0.717, 1.165) is 16.8 Å². The van der Waals surface area contributed by atoms with E-state index in [1.807, 2.05) is 51.1 Å². The Hall–Kier alpha value is -2.09. The maximum atomic E-state index is 12.2. The molecule has 0 bridgehead atoms. The van der Waals surface area contributed by atoms with E-state index in [1.54, 1.807) is 0 Å². The summed E-state index contributed by atoms with van der Waals surface area (Å²) in [5, 5.41) is 3.04. The fourth-order valence-corrected chi connectivity index (χ4v) is 1.93. The van der Waals surface area contributed by atoms with E-state index in [4.69, 9.17) is 0 Å². The fraction of sp³-hybridized carbons (Fsp3) is 0.278. The van der Waals surface area contributed by atoms with E-state index in [-0.39, 0.29) is 5.91 Å². The third-order valence-corrected chi connectivity index (χ3v) is 3.19. The first-order chi connectivity index (χ1) is 9.38. The van der Waals surface area contributed by atoms with Gasteiger partial charge in [0.05, 0.1) is 0 Å². The topological polar surface area (TPSA) is 29.1 Å². The Kier molecular flexibility index (Phi) is 3.93. The predicted octanol–water partition coefficient (Wildman–Crippen LogP) is 4.65. The lowest BCUT2D eigenvalue weighted by atomic mass is 9.94. The molecule has 0 fully saturated rings. The van der Waals surface area contributed by atoms with E-state index >= 15 is 0 Å². The van der Waals surface area contributed by atoms with Crippen molar-refractivity contribution in [2.75, 3.05) is 5.32 Å². The van der Waals surface area contributed by atoms with Crippen LogP contribution in [0.2, 0.25) is 0 Å². The molecule has 2 aromatic carbocycles. The van der Waals surface area contributed by atoms with Gasteiger partial charge in [-0.1, -0.05) is 62.7 Å². The van der Waals surface area contributed by atoms with Crippen LogP contribution in [0.15, 0.2) is 48.5 Å². The zero-order chi connectivity index (χ0) is 14.8. The number of amides is 1. The Labute approximate surface area is 120 Å². The van der Waals surface area contributed by atoms with Gasteiger partial charge < -0.3 is 5.32 Å². The summed E-state index contributed by atoms with van der Waals surface area (Å²) in [6, 6.07) is 16.2. The van der Waals surface area contributed by atoms with Gasteiger partial charge in [0, 0.05) is 16.7 Å². The molecule has 20 heavy (non-hydrogen) atoms. The van der Waals surface area contributed by atoms with Crippen LogP contribution >= 0.6 is 0 Å². The molecule has 0 radical (unpaired) electrons. The Bertz CT molecular complexity index is 609. The summed E-state index contributed by atoms with van der Waals surface area (Å²) in [7, 11) is 0. The molecule has 0 saturated carbocycles. The highest BCUT2D eigenvalue weighted by atomic mass is 16.2. The molecule has 0 spiro atoms. The number of anilines is 1. The highest BCUT2D eigenvalue weighted by Gasteiger charge is 2.22. The lowest BCUT2D eigenvalue weighted by Crippen LogP contribution is -2.27. The van der Waals surface area contributed by atoms with Gasteiger partial charge in [0.2, 0.25) is 5.91 Å². The second-order valence-corrected chi connectivity index (χ2v) is 6.12. The van der Waals surface area contributed by atoms with Crippen LogP contribution in [0.5, 0.6) is 0 Å². The molecule has 2 rings (SSSR count). The van der Waals surface area contributed by atoms with Gasteiger partial charge in [-0.15, -0.1) is 0 Å². The third-order valence-electron chi connectivity index (χ3n) is 3.19. The number of carbonyl (C=O) groups excluding carboxylic acids is 1. The van der Waals surface area contributed by atoms with Gasteiger partial charge in [0.15, 0.2) is 0 Å². The minimum absolute atomic E-state index is 0.0264. The van der Waals surface area contributed by atoms with Crippen molar-refractivity contribution in [1.29, 1.82) is 0 Å². The van der Waals surface area contributed by atoms with Gasteiger partial charge in [-0.3, -0.25) is 4.79 Å². The predicted molar refractivity (Wildman–Crippen MR) is 84.7 cm³/mol. The van der Waals surface area contributed by atoms with Gasteiger partial charge in [0.1, 0.15) is 0 Å².